The Kier molecular flexibility index (Phi) is 3.58. The molecule has 0 unspecified atom stereocenters. The largest absolute Gasteiger partial charge is 0.423 e. The number of carbonyl (C=O) groups is 1. The van der Waals surface area contributed by atoms with Crippen molar-refractivity contribution in [2.24, 2.45) is 0 Å². The lowest BCUT2D eigenvalue weighted by Crippen LogP contribution is -2.03. The quantitative estimate of drug-likeness (QED) is 0.320. The van der Waals surface area contributed by atoms with Crippen LogP contribution in [0, 0.1) is 0 Å². The second-order valence-electron chi connectivity index (χ2n) is 4.63. The zero-order valence-corrected chi connectivity index (χ0v) is 11.6. The van der Waals surface area contributed by atoms with Gasteiger partial charge >= 0.3 is 11.6 Å². The van der Waals surface area contributed by atoms with E-state index in [0.717, 1.165) is 22.6 Å². The molecule has 0 aliphatic heterocycles. The van der Waals surface area contributed by atoms with E-state index in [4.69, 9.17) is 9.15 Å². The van der Waals surface area contributed by atoms with Crippen LogP contribution in [0.3, 0.4) is 0 Å². The summed E-state index contributed by atoms with van der Waals surface area (Å²) in [6, 6.07) is 15.9. The summed E-state index contributed by atoms with van der Waals surface area (Å²) in [7, 11) is 0. The topological polar surface area (TPSA) is 56.5 Å². The molecule has 3 rings (SSSR count). The molecule has 0 saturated heterocycles. The molecule has 1 heterocycles. The molecular weight excluding hydrogens is 280 g/mol. The van der Waals surface area contributed by atoms with Crippen LogP contribution in [0.5, 0.6) is 5.75 Å². The normalized spacial score (nSPS) is 10.4. The Morgan fingerprint density at radius 3 is 2.59 bits per heavy atom. The SMILES string of the molecule is C=CC(=O)Oc1ccc2c(-c3ccccc3)cc(=O)oc2c1. The molecule has 3 aromatic rings. The van der Waals surface area contributed by atoms with Crippen molar-refractivity contribution in [3.05, 3.63) is 77.7 Å². The van der Waals surface area contributed by atoms with Crippen LogP contribution >= 0.6 is 0 Å². The predicted molar refractivity (Wildman–Crippen MR) is 83.8 cm³/mol. The van der Waals surface area contributed by atoms with Crippen LogP contribution in [-0.4, -0.2) is 5.97 Å². The van der Waals surface area contributed by atoms with Gasteiger partial charge in [-0.3, -0.25) is 0 Å². The van der Waals surface area contributed by atoms with Gasteiger partial charge in [-0.15, -0.1) is 0 Å². The molecule has 0 spiro atoms. The van der Waals surface area contributed by atoms with Gasteiger partial charge < -0.3 is 9.15 Å². The van der Waals surface area contributed by atoms with E-state index in [-0.39, 0.29) is 0 Å². The van der Waals surface area contributed by atoms with Crippen molar-refractivity contribution in [3.63, 3.8) is 0 Å². The van der Waals surface area contributed by atoms with E-state index < -0.39 is 11.6 Å². The fourth-order valence-corrected chi connectivity index (χ4v) is 2.22. The third kappa shape index (κ3) is 2.67. The zero-order chi connectivity index (χ0) is 15.5. The van der Waals surface area contributed by atoms with Gasteiger partial charge in [0.05, 0.1) is 0 Å². The molecule has 0 amide bonds. The van der Waals surface area contributed by atoms with Gasteiger partial charge in [0.15, 0.2) is 0 Å². The highest BCUT2D eigenvalue weighted by Gasteiger charge is 2.09. The fraction of sp³-hybridized carbons (Fsp3) is 0. The average Bonchev–Trinajstić information content (AvgIpc) is 2.54. The summed E-state index contributed by atoms with van der Waals surface area (Å²) in [6.45, 7) is 3.34. The van der Waals surface area contributed by atoms with Crippen molar-refractivity contribution in [1.82, 2.24) is 0 Å². The second kappa shape index (κ2) is 5.69. The van der Waals surface area contributed by atoms with Crippen molar-refractivity contribution in [2.75, 3.05) is 0 Å². The predicted octanol–water partition coefficient (Wildman–Crippen LogP) is 3.55. The number of esters is 1. The molecule has 0 radical (unpaired) electrons. The number of hydrogen-bond donors (Lipinski definition) is 0. The Morgan fingerprint density at radius 2 is 1.86 bits per heavy atom. The summed E-state index contributed by atoms with van der Waals surface area (Å²) in [6.07, 6.45) is 1.07. The first kappa shape index (κ1) is 13.8. The molecular formula is C18H12O4. The molecule has 0 aliphatic rings. The van der Waals surface area contributed by atoms with Crippen molar-refractivity contribution < 1.29 is 13.9 Å². The first-order chi connectivity index (χ1) is 10.7. The Bertz CT molecular complexity index is 907. The molecule has 108 valence electrons. The second-order valence-corrected chi connectivity index (χ2v) is 4.63. The lowest BCUT2D eigenvalue weighted by atomic mass is 10.0. The summed E-state index contributed by atoms with van der Waals surface area (Å²) < 4.78 is 10.2. The van der Waals surface area contributed by atoms with Crippen LogP contribution in [0.1, 0.15) is 0 Å². The van der Waals surface area contributed by atoms with E-state index in [1.807, 2.05) is 30.3 Å². The highest BCUT2D eigenvalue weighted by molar-refractivity contribution is 5.94. The first-order valence-corrected chi connectivity index (χ1v) is 6.65. The molecule has 0 bridgehead atoms. The molecule has 2 aromatic carbocycles. The Labute approximate surface area is 126 Å². The number of benzene rings is 2. The average molecular weight is 292 g/mol. The summed E-state index contributed by atoms with van der Waals surface area (Å²) in [5.41, 5.74) is 1.59. The number of hydrogen-bond acceptors (Lipinski definition) is 4. The van der Waals surface area contributed by atoms with Crippen molar-refractivity contribution in [1.29, 1.82) is 0 Å². The molecule has 22 heavy (non-hydrogen) atoms. The summed E-state index contributed by atoms with van der Waals surface area (Å²) in [5, 5.41) is 0.768. The highest BCUT2D eigenvalue weighted by Crippen LogP contribution is 2.29. The maximum absolute atomic E-state index is 11.8. The van der Waals surface area contributed by atoms with Crippen LogP contribution < -0.4 is 10.4 Å². The van der Waals surface area contributed by atoms with Gasteiger partial charge in [-0.25, -0.2) is 9.59 Å². The van der Waals surface area contributed by atoms with Gasteiger partial charge in [0.25, 0.3) is 0 Å². The van der Waals surface area contributed by atoms with Crippen molar-refractivity contribution in [2.45, 2.75) is 0 Å². The van der Waals surface area contributed by atoms with E-state index in [1.165, 1.54) is 12.1 Å². The minimum atomic E-state index is -0.569. The van der Waals surface area contributed by atoms with Crippen molar-refractivity contribution in [3.8, 4) is 16.9 Å². The molecule has 0 aliphatic carbocycles. The summed E-state index contributed by atoms with van der Waals surface area (Å²) in [4.78, 5) is 23.0. The third-order valence-corrected chi connectivity index (χ3v) is 3.19. The monoisotopic (exact) mass is 292 g/mol. The molecule has 4 heteroatoms. The van der Waals surface area contributed by atoms with Crippen LogP contribution in [-0.2, 0) is 4.79 Å². The Balaban J connectivity index is 2.17. The highest BCUT2D eigenvalue weighted by atomic mass is 16.5. The maximum Gasteiger partial charge on any atom is 0.336 e. The van der Waals surface area contributed by atoms with Gasteiger partial charge in [0.2, 0.25) is 0 Å². The van der Waals surface area contributed by atoms with E-state index in [2.05, 4.69) is 6.58 Å². The molecule has 4 nitrogen and oxygen atoms in total. The van der Waals surface area contributed by atoms with E-state index in [1.54, 1.807) is 12.1 Å². The third-order valence-electron chi connectivity index (χ3n) is 3.19. The number of fused-ring (bicyclic) bond motifs is 1. The first-order valence-electron chi connectivity index (χ1n) is 6.65. The van der Waals surface area contributed by atoms with Gasteiger partial charge in [0.1, 0.15) is 11.3 Å². The van der Waals surface area contributed by atoms with E-state index in [0.29, 0.717) is 11.3 Å². The molecule has 0 N–H and O–H groups in total. The van der Waals surface area contributed by atoms with Crippen LogP contribution in [0.25, 0.3) is 22.1 Å². The van der Waals surface area contributed by atoms with Crippen molar-refractivity contribution >= 4 is 16.9 Å². The Morgan fingerprint density at radius 1 is 1.09 bits per heavy atom. The standard InChI is InChI=1S/C18H12O4/c1-2-17(19)21-13-8-9-14-15(12-6-4-3-5-7-12)11-18(20)22-16(14)10-13/h2-11H,1H2. The number of carbonyl (C=O) groups excluding carboxylic acids is 1. The zero-order valence-electron chi connectivity index (χ0n) is 11.6. The lowest BCUT2D eigenvalue weighted by molar-refractivity contribution is -0.128. The van der Waals surface area contributed by atoms with Crippen LogP contribution in [0.4, 0.5) is 0 Å². The molecule has 0 fully saturated rings. The van der Waals surface area contributed by atoms with Gasteiger partial charge in [-0.05, 0) is 23.3 Å². The number of ether oxygens (including phenoxy) is 1. The minimum Gasteiger partial charge on any atom is -0.423 e. The molecule has 1 aromatic heterocycles. The van der Waals surface area contributed by atoms with E-state index >= 15 is 0 Å². The minimum absolute atomic E-state index is 0.297. The smallest absolute Gasteiger partial charge is 0.336 e. The fourth-order valence-electron chi connectivity index (χ4n) is 2.22. The van der Waals surface area contributed by atoms with Crippen LogP contribution in [0.15, 0.2) is 76.5 Å². The Hall–Kier alpha value is -3.14. The van der Waals surface area contributed by atoms with Gasteiger partial charge in [-0.1, -0.05) is 36.9 Å². The maximum atomic E-state index is 11.8. The van der Waals surface area contributed by atoms with Gasteiger partial charge in [0, 0.05) is 23.6 Å². The molecule has 0 atom stereocenters. The summed E-state index contributed by atoms with van der Waals surface area (Å²) in [5.74, 6) is -0.272. The van der Waals surface area contributed by atoms with Gasteiger partial charge in [-0.2, -0.15) is 0 Å². The summed E-state index contributed by atoms with van der Waals surface area (Å²) >= 11 is 0. The van der Waals surface area contributed by atoms with Crippen LogP contribution in [0.2, 0.25) is 0 Å². The molecule has 0 saturated carbocycles. The van der Waals surface area contributed by atoms with E-state index in [9.17, 15) is 9.59 Å². The number of rotatable bonds is 3. The lowest BCUT2D eigenvalue weighted by Gasteiger charge is -2.07.